The summed E-state index contributed by atoms with van der Waals surface area (Å²) in [6.45, 7) is 0.821. The van der Waals surface area contributed by atoms with Gasteiger partial charge in [-0.25, -0.2) is 0 Å². The van der Waals surface area contributed by atoms with E-state index < -0.39 is 11.0 Å². The summed E-state index contributed by atoms with van der Waals surface area (Å²) in [5.74, 6) is -0.0611. The van der Waals surface area contributed by atoms with E-state index in [1.807, 2.05) is 30.3 Å². The van der Waals surface area contributed by atoms with Gasteiger partial charge >= 0.3 is 0 Å². The second-order valence-corrected chi connectivity index (χ2v) is 10.8. The van der Waals surface area contributed by atoms with Crippen LogP contribution in [0.25, 0.3) is 11.1 Å². The normalized spacial score (nSPS) is 25.7. The molecule has 3 aliphatic heterocycles. The molecule has 1 amide bonds. The highest BCUT2D eigenvalue weighted by atomic mass is 16.6. The molecule has 8 rings (SSSR count). The van der Waals surface area contributed by atoms with Crippen LogP contribution in [0, 0.1) is 10.1 Å². The van der Waals surface area contributed by atoms with E-state index in [1.54, 1.807) is 12.1 Å². The molecule has 2 spiro atoms. The molecule has 0 saturated carbocycles. The number of nitrogens with one attached hydrogen (secondary N) is 1. The van der Waals surface area contributed by atoms with Gasteiger partial charge in [-0.15, -0.1) is 0 Å². The number of fused-ring (bicyclic) bond motifs is 10. The molecule has 2 saturated heterocycles. The molecule has 0 radical (unpaired) electrons. The van der Waals surface area contributed by atoms with Crippen molar-refractivity contribution in [2.75, 3.05) is 11.9 Å². The molecule has 2 fully saturated rings. The Kier molecular flexibility index (Phi) is 4.23. The Labute approximate surface area is 220 Å². The second kappa shape index (κ2) is 7.39. The summed E-state index contributed by atoms with van der Waals surface area (Å²) in [7, 11) is 0. The third-order valence-corrected chi connectivity index (χ3v) is 9.50. The van der Waals surface area contributed by atoms with Crippen LogP contribution in [0.2, 0.25) is 0 Å². The number of nitro benzene ring substituents is 1. The zero-order valence-electron chi connectivity index (χ0n) is 20.6. The molecule has 3 atom stereocenters. The van der Waals surface area contributed by atoms with E-state index in [-0.39, 0.29) is 28.5 Å². The van der Waals surface area contributed by atoms with Gasteiger partial charge in [-0.2, -0.15) is 0 Å². The van der Waals surface area contributed by atoms with Crippen LogP contribution in [-0.4, -0.2) is 28.3 Å². The molecule has 1 N–H and O–H groups in total. The highest BCUT2D eigenvalue weighted by Gasteiger charge is 2.77. The van der Waals surface area contributed by atoms with Gasteiger partial charge in [0.25, 0.3) is 11.6 Å². The largest absolute Gasteiger partial charge is 0.324 e. The first kappa shape index (κ1) is 21.8. The number of hydrogen-bond acceptors (Lipinski definition) is 4. The van der Waals surface area contributed by atoms with Crippen LogP contribution in [0.4, 0.5) is 11.4 Å². The van der Waals surface area contributed by atoms with Crippen LogP contribution in [0.1, 0.15) is 41.0 Å². The number of carbonyl (C=O) groups is 1. The minimum absolute atomic E-state index is 0.0153. The molecule has 186 valence electrons. The maximum absolute atomic E-state index is 14.7. The maximum Gasteiger partial charge on any atom is 0.269 e. The summed E-state index contributed by atoms with van der Waals surface area (Å²) in [5.41, 5.74) is 5.99. The monoisotopic (exact) mass is 499 g/mol. The number of amides is 1. The molecule has 1 aliphatic carbocycles. The first-order chi connectivity index (χ1) is 18.6. The number of anilines is 1. The van der Waals surface area contributed by atoms with Crippen LogP contribution in [0.3, 0.4) is 0 Å². The Balaban J connectivity index is 1.54. The molecule has 4 aliphatic rings. The van der Waals surface area contributed by atoms with E-state index in [1.165, 1.54) is 0 Å². The zero-order chi connectivity index (χ0) is 25.6. The highest BCUT2D eigenvalue weighted by Crippen LogP contribution is 2.73. The highest BCUT2D eigenvalue weighted by molar-refractivity contribution is 6.10. The van der Waals surface area contributed by atoms with Crippen molar-refractivity contribution in [3.8, 4) is 11.1 Å². The average Bonchev–Trinajstić information content (AvgIpc) is 3.67. The fraction of sp³-hybridized carbons (Fsp3) is 0.219. The lowest BCUT2D eigenvalue weighted by Gasteiger charge is -2.47. The van der Waals surface area contributed by atoms with E-state index in [0.717, 1.165) is 58.5 Å². The standard InChI is InChI=1S/C32H25N3O3/c36-30-32(26-12-5-6-13-27(26)33-30)31(24-10-3-1-8-22(24)23-9-2-4-11-25(23)31)29(28-14-7-19-34(28)32)20-15-17-21(18-16-20)35(37)38/h1-6,8-13,15-18,28-29H,7,14,19H2,(H,33,36)/t28?,29-,32-/m0/s1. The van der Waals surface area contributed by atoms with Gasteiger partial charge in [0.1, 0.15) is 5.54 Å². The lowest BCUT2D eigenvalue weighted by Crippen LogP contribution is -2.58. The van der Waals surface area contributed by atoms with Gasteiger partial charge in [0, 0.05) is 35.3 Å². The summed E-state index contributed by atoms with van der Waals surface area (Å²) in [6, 6.07) is 32.3. The van der Waals surface area contributed by atoms with Crippen molar-refractivity contribution in [2.24, 2.45) is 0 Å². The number of nitrogens with zero attached hydrogens (tertiary/aromatic N) is 2. The molecule has 1 unspecified atom stereocenters. The van der Waals surface area contributed by atoms with Crippen molar-refractivity contribution in [3.05, 3.63) is 129 Å². The number of para-hydroxylation sites is 1. The van der Waals surface area contributed by atoms with Crippen molar-refractivity contribution in [3.63, 3.8) is 0 Å². The van der Waals surface area contributed by atoms with Crippen LogP contribution in [-0.2, 0) is 15.7 Å². The van der Waals surface area contributed by atoms with E-state index in [4.69, 9.17) is 0 Å². The van der Waals surface area contributed by atoms with Gasteiger partial charge in [-0.3, -0.25) is 19.8 Å². The minimum atomic E-state index is -0.945. The van der Waals surface area contributed by atoms with Crippen LogP contribution < -0.4 is 5.32 Å². The predicted octanol–water partition coefficient (Wildman–Crippen LogP) is 5.97. The van der Waals surface area contributed by atoms with Crippen molar-refractivity contribution in [1.82, 2.24) is 4.90 Å². The van der Waals surface area contributed by atoms with Gasteiger partial charge in [0.05, 0.1) is 10.3 Å². The Hall–Kier alpha value is -4.29. The molecule has 0 aromatic heterocycles. The summed E-state index contributed by atoms with van der Waals surface area (Å²) < 4.78 is 0. The number of rotatable bonds is 2. The van der Waals surface area contributed by atoms with Crippen LogP contribution in [0.5, 0.6) is 0 Å². The molecule has 6 heteroatoms. The first-order valence-corrected chi connectivity index (χ1v) is 13.2. The van der Waals surface area contributed by atoms with Crippen LogP contribution >= 0.6 is 0 Å². The van der Waals surface area contributed by atoms with Crippen molar-refractivity contribution in [2.45, 2.75) is 35.8 Å². The van der Waals surface area contributed by atoms with Crippen molar-refractivity contribution < 1.29 is 9.72 Å². The second-order valence-electron chi connectivity index (χ2n) is 10.8. The summed E-state index contributed by atoms with van der Waals surface area (Å²) in [5, 5.41) is 14.8. The smallest absolute Gasteiger partial charge is 0.269 e. The minimum Gasteiger partial charge on any atom is -0.324 e. The molecule has 4 aromatic carbocycles. The maximum atomic E-state index is 14.7. The SMILES string of the molecule is O=C1Nc2ccccc2[C@]12N1CCCC1[C@H](c1ccc([N+](=O)[O-])cc1)C21c2ccccc2-c2ccccc21. The average molecular weight is 500 g/mol. The fourth-order valence-corrected chi connectivity index (χ4v) is 8.48. The molecule has 3 heterocycles. The summed E-state index contributed by atoms with van der Waals surface area (Å²) in [6.07, 6.45) is 1.97. The third kappa shape index (κ3) is 2.31. The lowest BCUT2D eigenvalue weighted by molar-refractivity contribution is -0.384. The first-order valence-electron chi connectivity index (χ1n) is 13.2. The van der Waals surface area contributed by atoms with Gasteiger partial charge in [-0.05, 0) is 53.3 Å². The van der Waals surface area contributed by atoms with E-state index in [0.29, 0.717) is 0 Å². The number of hydrogen-bond donors (Lipinski definition) is 1. The number of benzene rings is 4. The summed E-state index contributed by atoms with van der Waals surface area (Å²) in [4.78, 5) is 28.3. The predicted molar refractivity (Wildman–Crippen MR) is 145 cm³/mol. The molecule has 4 aromatic rings. The Morgan fingerprint density at radius 1 is 0.816 bits per heavy atom. The molecular formula is C32H25N3O3. The van der Waals surface area contributed by atoms with E-state index in [2.05, 4.69) is 64.8 Å². The zero-order valence-corrected chi connectivity index (χ0v) is 20.6. The molecular weight excluding hydrogens is 474 g/mol. The quantitative estimate of drug-likeness (QED) is 0.272. The Morgan fingerprint density at radius 3 is 2.08 bits per heavy atom. The van der Waals surface area contributed by atoms with E-state index in [9.17, 15) is 14.9 Å². The van der Waals surface area contributed by atoms with Crippen molar-refractivity contribution in [1.29, 1.82) is 0 Å². The van der Waals surface area contributed by atoms with E-state index >= 15 is 0 Å². The van der Waals surface area contributed by atoms with Crippen molar-refractivity contribution >= 4 is 17.3 Å². The van der Waals surface area contributed by atoms with Gasteiger partial charge in [-0.1, -0.05) is 78.9 Å². The lowest BCUT2D eigenvalue weighted by atomic mass is 9.55. The number of carbonyl (C=O) groups excluding carboxylic acids is 1. The van der Waals surface area contributed by atoms with Crippen LogP contribution in [0.15, 0.2) is 97.1 Å². The Morgan fingerprint density at radius 2 is 1.42 bits per heavy atom. The molecule has 0 bridgehead atoms. The topological polar surface area (TPSA) is 75.5 Å². The third-order valence-electron chi connectivity index (χ3n) is 9.50. The van der Waals surface area contributed by atoms with Gasteiger partial charge in [0.2, 0.25) is 0 Å². The van der Waals surface area contributed by atoms with Gasteiger partial charge in [0.15, 0.2) is 0 Å². The van der Waals surface area contributed by atoms with Gasteiger partial charge < -0.3 is 5.32 Å². The number of nitro groups is 1. The number of non-ortho nitro benzene ring substituents is 1. The summed E-state index contributed by atoms with van der Waals surface area (Å²) >= 11 is 0. The molecule has 38 heavy (non-hydrogen) atoms. The molecule has 6 nitrogen and oxygen atoms in total. The fourth-order valence-electron chi connectivity index (χ4n) is 8.48. The Bertz CT molecular complexity index is 1620.